The zero-order valence-corrected chi connectivity index (χ0v) is 18.7. The predicted molar refractivity (Wildman–Crippen MR) is 104 cm³/mol. The number of carbonyl (C=O) groups excluding carboxylic acids is 1. The zero-order chi connectivity index (χ0) is 23.5. The Morgan fingerprint density at radius 3 is 2.81 bits per heavy atom. The molecule has 0 atom stereocenters. The van der Waals surface area contributed by atoms with Crippen LogP contribution in [0, 0.1) is 17.1 Å². The summed E-state index contributed by atoms with van der Waals surface area (Å²) in [5.41, 5.74) is -2.41. The molecule has 0 fully saturated rings. The van der Waals surface area contributed by atoms with Crippen LogP contribution in [0.5, 0.6) is 11.5 Å². The molecule has 3 rings (SSSR count). The van der Waals surface area contributed by atoms with Gasteiger partial charge in [-0.25, -0.2) is 0 Å². The molecule has 32 heavy (non-hydrogen) atoms. The van der Waals surface area contributed by atoms with Crippen LogP contribution in [0.4, 0.5) is 13.2 Å². The van der Waals surface area contributed by atoms with Gasteiger partial charge in [0.1, 0.15) is 0 Å². The van der Waals surface area contributed by atoms with Crippen molar-refractivity contribution in [3.63, 3.8) is 0 Å². The fourth-order valence-electron chi connectivity index (χ4n) is 2.57. The minimum atomic E-state index is -3.74. The van der Waals surface area contributed by atoms with Crippen LogP contribution in [0.1, 0.15) is 18.2 Å². The molecule has 0 saturated heterocycles. The molecule has 1 aromatic heterocycles. The van der Waals surface area contributed by atoms with Gasteiger partial charge >= 0.3 is 191 Å². The van der Waals surface area contributed by atoms with E-state index in [0.717, 1.165) is 23.9 Å². The molecule has 11 heteroatoms. The first-order chi connectivity index (χ1) is 15.1. The van der Waals surface area contributed by atoms with Gasteiger partial charge in [0.05, 0.1) is 0 Å². The second-order valence-corrected chi connectivity index (χ2v) is 8.41. The summed E-state index contributed by atoms with van der Waals surface area (Å²) < 4.78 is 54.7. The average Bonchev–Trinajstić information content (AvgIpc) is 2.96. The van der Waals surface area contributed by atoms with Gasteiger partial charge in [-0.2, -0.15) is 0 Å². The molecule has 1 aliphatic rings. The molecule has 0 aliphatic carbocycles. The Balaban J connectivity index is 2.13. The number of halogens is 4. The fourth-order valence-corrected chi connectivity index (χ4v) is 4.02. The van der Waals surface area contributed by atoms with Crippen LogP contribution in [0.2, 0.25) is 0 Å². The summed E-state index contributed by atoms with van der Waals surface area (Å²) in [7, 11) is 0. The van der Waals surface area contributed by atoms with Gasteiger partial charge in [0, 0.05) is 0 Å². The van der Waals surface area contributed by atoms with Crippen molar-refractivity contribution in [2.75, 3.05) is 0 Å². The number of hydrogen-bond donors (Lipinski definition) is 1. The monoisotopic (exact) mass is 555 g/mol. The van der Waals surface area contributed by atoms with Gasteiger partial charge in [-0.3, -0.25) is 0 Å². The summed E-state index contributed by atoms with van der Waals surface area (Å²) in [6.07, 6.45) is 3.72. The van der Waals surface area contributed by atoms with Crippen LogP contribution in [0.15, 0.2) is 63.3 Å². The van der Waals surface area contributed by atoms with Gasteiger partial charge in [-0.1, -0.05) is 0 Å². The van der Waals surface area contributed by atoms with E-state index in [-0.39, 0.29) is 18.0 Å². The molecule has 0 spiro atoms. The van der Waals surface area contributed by atoms with E-state index >= 15 is 0 Å². The van der Waals surface area contributed by atoms with Crippen molar-refractivity contribution in [1.29, 1.82) is 5.26 Å². The quantitative estimate of drug-likeness (QED) is 0.314. The van der Waals surface area contributed by atoms with Crippen molar-refractivity contribution in [2.45, 2.75) is 19.4 Å². The molecule has 0 bridgehead atoms. The van der Waals surface area contributed by atoms with E-state index in [1.54, 1.807) is 10.2 Å². The number of nitrogens with zero attached hydrogens (tertiary/aromatic N) is 3. The van der Waals surface area contributed by atoms with Crippen LogP contribution >= 0.6 is 0 Å². The third-order valence-electron chi connectivity index (χ3n) is 4.27. The van der Waals surface area contributed by atoms with Gasteiger partial charge in [-0.05, 0) is 0 Å². The van der Waals surface area contributed by atoms with E-state index in [1.165, 1.54) is 24.3 Å². The number of ether oxygens (including phenoxy) is 1. The molecule has 1 amide bonds. The molecule has 1 aliphatic heterocycles. The molecular formula is C21H15F3IN4O3-. The SMILES string of the molecule is C=C(C)C(F)(F)c1ncn(CC2=C[I-]NC(=O)C=C2)c(=O)c1Oc1cccc(C#N)c1F. The van der Waals surface area contributed by atoms with Crippen molar-refractivity contribution < 1.29 is 44.2 Å². The summed E-state index contributed by atoms with van der Waals surface area (Å²) >= 11 is -0.797. The molecule has 7 nitrogen and oxygen atoms in total. The average molecular weight is 555 g/mol. The molecule has 0 radical (unpaired) electrons. The first-order valence-corrected chi connectivity index (χ1v) is 11.3. The van der Waals surface area contributed by atoms with E-state index < -0.39 is 61.5 Å². The van der Waals surface area contributed by atoms with Crippen LogP contribution in [0.25, 0.3) is 0 Å². The third-order valence-corrected chi connectivity index (χ3v) is 6.22. The number of nitriles is 1. The number of carbonyl (C=O) groups is 1. The second-order valence-electron chi connectivity index (χ2n) is 6.63. The van der Waals surface area contributed by atoms with Crippen molar-refractivity contribution in [3.8, 4) is 17.6 Å². The molecule has 0 unspecified atom stereocenters. The zero-order valence-electron chi connectivity index (χ0n) is 16.5. The summed E-state index contributed by atoms with van der Waals surface area (Å²) in [6.45, 7) is 4.22. The number of rotatable bonds is 6. The van der Waals surface area contributed by atoms with Gasteiger partial charge in [-0.15, -0.1) is 0 Å². The Morgan fingerprint density at radius 1 is 1.38 bits per heavy atom. The van der Waals surface area contributed by atoms with E-state index in [0.29, 0.717) is 5.57 Å². The molecule has 2 aromatic rings. The molecule has 166 valence electrons. The molecule has 2 heterocycles. The number of nitrogens with one attached hydrogen (secondary N) is 1. The van der Waals surface area contributed by atoms with Crippen LogP contribution in [-0.4, -0.2) is 15.5 Å². The number of benzene rings is 1. The topological polar surface area (TPSA) is 97.0 Å². The van der Waals surface area contributed by atoms with Crippen LogP contribution in [-0.2, 0) is 17.3 Å². The Kier molecular flexibility index (Phi) is 6.83. The Hall–Kier alpha value is -3.40. The first-order valence-electron chi connectivity index (χ1n) is 8.94. The van der Waals surface area contributed by atoms with E-state index in [2.05, 4.69) is 15.1 Å². The van der Waals surface area contributed by atoms with E-state index in [9.17, 15) is 22.8 Å². The number of alkyl halides is 2. The summed E-state index contributed by atoms with van der Waals surface area (Å²) in [4.78, 5) is 28.2. The number of aromatic nitrogens is 2. The predicted octanol–water partition coefficient (Wildman–Crippen LogP) is 0.288. The molecule has 1 aromatic carbocycles. The molecule has 0 saturated carbocycles. The van der Waals surface area contributed by atoms with Crippen LogP contribution < -0.4 is 35.3 Å². The van der Waals surface area contributed by atoms with Gasteiger partial charge in [0.2, 0.25) is 0 Å². The second kappa shape index (κ2) is 9.39. The van der Waals surface area contributed by atoms with Gasteiger partial charge < -0.3 is 0 Å². The Morgan fingerprint density at radius 2 is 2.12 bits per heavy atom. The van der Waals surface area contributed by atoms with Crippen molar-refractivity contribution in [3.05, 3.63) is 85.9 Å². The normalized spacial score (nSPS) is 13.8. The van der Waals surface area contributed by atoms with Crippen molar-refractivity contribution in [2.24, 2.45) is 0 Å². The summed E-state index contributed by atoms with van der Waals surface area (Å²) in [5, 5.41) is 8.99. The third kappa shape index (κ3) is 4.75. The van der Waals surface area contributed by atoms with Gasteiger partial charge in [0.25, 0.3) is 0 Å². The number of allylic oxidation sites excluding steroid dienone is 3. The number of amides is 1. The molecular weight excluding hydrogens is 540 g/mol. The summed E-state index contributed by atoms with van der Waals surface area (Å²) in [5.74, 6) is -6.58. The van der Waals surface area contributed by atoms with E-state index in [1.807, 2.05) is 0 Å². The maximum atomic E-state index is 14.8. The van der Waals surface area contributed by atoms with Crippen molar-refractivity contribution in [1.82, 2.24) is 13.1 Å². The Labute approximate surface area is 191 Å². The molecule has 1 N–H and O–H groups in total. The fraction of sp³-hybridized carbons (Fsp3) is 0.143. The Bertz CT molecular complexity index is 1260. The van der Waals surface area contributed by atoms with E-state index in [4.69, 9.17) is 10.00 Å². The minimum absolute atomic E-state index is 0.0764. The van der Waals surface area contributed by atoms with Crippen molar-refractivity contribution >= 4 is 5.91 Å². The number of hydrogen-bond acceptors (Lipinski definition) is 5. The first kappa shape index (κ1) is 23.3. The standard InChI is InChI=1S/C21H15F3IN4O3/c1-12(2)21(23,24)19-18(32-15-5-3-4-14(9-26)17(15)22)20(31)29(11-27-19)10-13-6-7-16(30)28-25-8-13/h3-8,11H,1,10H2,2H3,(H,28,30)/q-1. The van der Waals surface area contributed by atoms with Crippen LogP contribution in [0.3, 0.4) is 0 Å². The maximum absolute atomic E-state index is 14.8. The van der Waals surface area contributed by atoms with Gasteiger partial charge in [0.15, 0.2) is 0 Å². The summed E-state index contributed by atoms with van der Waals surface area (Å²) in [6, 6.07) is 5.18.